The van der Waals surface area contributed by atoms with Crippen LogP contribution in [0.4, 0.5) is 8.78 Å². The van der Waals surface area contributed by atoms with E-state index in [9.17, 15) is 18.7 Å². The third-order valence-electron chi connectivity index (χ3n) is 4.75. The Morgan fingerprint density at radius 1 is 1.00 bits per heavy atom. The Labute approximate surface area is 162 Å². The summed E-state index contributed by atoms with van der Waals surface area (Å²) < 4.78 is 37.1. The van der Waals surface area contributed by atoms with Gasteiger partial charge < -0.3 is 19.5 Å². The zero-order valence-electron chi connectivity index (χ0n) is 15.4. The molecule has 1 amide bonds. The average Bonchev–Trinajstić information content (AvgIpc) is 2.88. The van der Waals surface area contributed by atoms with Crippen LogP contribution in [0.2, 0.25) is 0 Å². The lowest BCUT2D eigenvalue weighted by Crippen LogP contribution is -2.39. The summed E-state index contributed by atoms with van der Waals surface area (Å²) in [5.74, 6) is -0.211. The van der Waals surface area contributed by atoms with Crippen LogP contribution in [0.15, 0.2) is 48.5 Å². The van der Waals surface area contributed by atoms with Crippen molar-refractivity contribution in [1.82, 2.24) is 4.90 Å². The van der Waals surface area contributed by atoms with E-state index in [-0.39, 0.29) is 24.9 Å². The maximum Gasteiger partial charge on any atom is 0.260 e. The molecular weight excluding hydrogens is 368 g/mol. The van der Waals surface area contributed by atoms with Gasteiger partial charge in [0, 0.05) is 19.2 Å². The number of hydrogen-bond acceptors (Lipinski definition) is 4. The molecule has 1 heterocycles. The Morgan fingerprint density at radius 3 is 2.54 bits per heavy atom. The predicted molar refractivity (Wildman–Crippen MR) is 99.2 cm³/mol. The number of carbonyl (C=O) groups is 1. The lowest BCUT2D eigenvalue weighted by molar-refractivity contribution is -0.133. The molecule has 0 radical (unpaired) electrons. The fraction of sp³-hybridized carbons (Fsp3) is 0.381. The normalized spacial score (nSPS) is 19.8. The number of hydrogen-bond donors (Lipinski definition) is 1. The molecule has 2 aromatic carbocycles. The van der Waals surface area contributed by atoms with Crippen molar-refractivity contribution in [1.29, 1.82) is 0 Å². The topological polar surface area (TPSA) is 59.0 Å². The van der Waals surface area contributed by atoms with Crippen LogP contribution in [0.5, 0.6) is 11.5 Å². The second-order valence-electron chi connectivity index (χ2n) is 6.95. The number of benzene rings is 2. The first-order valence-corrected chi connectivity index (χ1v) is 9.20. The minimum atomic E-state index is -1.06. The summed E-state index contributed by atoms with van der Waals surface area (Å²) in [6, 6.07) is 11.2. The molecule has 1 aliphatic heterocycles. The zero-order valence-corrected chi connectivity index (χ0v) is 15.4. The van der Waals surface area contributed by atoms with Crippen molar-refractivity contribution in [3.63, 3.8) is 0 Å². The van der Waals surface area contributed by atoms with Gasteiger partial charge >= 0.3 is 0 Å². The Kier molecular flexibility index (Phi) is 6.46. The Morgan fingerprint density at radius 2 is 1.79 bits per heavy atom. The zero-order chi connectivity index (χ0) is 20.0. The van der Waals surface area contributed by atoms with Crippen LogP contribution in [0.25, 0.3) is 0 Å². The predicted octanol–water partition coefficient (Wildman–Crippen LogP) is 3.17. The van der Waals surface area contributed by atoms with Crippen LogP contribution in [0.3, 0.4) is 0 Å². The van der Waals surface area contributed by atoms with Gasteiger partial charge in [0.1, 0.15) is 35.3 Å². The van der Waals surface area contributed by atoms with Gasteiger partial charge in [0.2, 0.25) is 0 Å². The summed E-state index contributed by atoms with van der Waals surface area (Å²) in [5.41, 5.74) is -1.06. The molecule has 1 unspecified atom stereocenters. The van der Waals surface area contributed by atoms with E-state index in [4.69, 9.17) is 9.47 Å². The monoisotopic (exact) mass is 391 g/mol. The Hall–Kier alpha value is -2.67. The van der Waals surface area contributed by atoms with Crippen LogP contribution in [-0.2, 0) is 4.79 Å². The maximum atomic E-state index is 13.2. The quantitative estimate of drug-likeness (QED) is 0.822. The van der Waals surface area contributed by atoms with Crippen molar-refractivity contribution in [2.45, 2.75) is 24.9 Å². The summed E-state index contributed by atoms with van der Waals surface area (Å²) in [5, 5.41) is 10.8. The van der Waals surface area contributed by atoms with Gasteiger partial charge in [-0.15, -0.1) is 0 Å². The summed E-state index contributed by atoms with van der Waals surface area (Å²) in [7, 11) is 0. The van der Waals surface area contributed by atoms with E-state index >= 15 is 0 Å². The molecule has 0 saturated carbocycles. The second kappa shape index (κ2) is 9.01. The van der Waals surface area contributed by atoms with Gasteiger partial charge in [0.05, 0.1) is 0 Å². The highest BCUT2D eigenvalue weighted by atomic mass is 19.1. The van der Waals surface area contributed by atoms with E-state index in [1.807, 2.05) is 0 Å². The van der Waals surface area contributed by atoms with Crippen molar-refractivity contribution < 1.29 is 28.2 Å². The largest absolute Gasteiger partial charge is 0.491 e. The fourth-order valence-electron chi connectivity index (χ4n) is 3.11. The number of halogens is 2. The summed E-state index contributed by atoms with van der Waals surface area (Å²) in [6.45, 7) is 0.757. The van der Waals surface area contributed by atoms with Crippen molar-refractivity contribution in [3.8, 4) is 11.5 Å². The van der Waals surface area contributed by atoms with E-state index in [1.54, 1.807) is 11.0 Å². The van der Waals surface area contributed by atoms with E-state index in [0.29, 0.717) is 43.9 Å². The standard InChI is InChI=1S/C21H23F2NO4/c22-16-5-7-18(8-6-16)28-15-21(26)9-2-11-24(12-10-21)20(25)14-27-19-4-1-3-17(23)13-19/h1,3-8,13,26H,2,9-12,14-15H2. The van der Waals surface area contributed by atoms with Gasteiger partial charge in [-0.25, -0.2) is 8.78 Å². The minimum absolute atomic E-state index is 0.0699. The highest BCUT2D eigenvalue weighted by molar-refractivity contribution is 5.77. The molecule has 1 saturated heterocycles. The molecule has 1 N–H and O–H groups in total. The SMILES string of the molecule is O=C(COc1cccc(F)c1)N1CCCC(O)(COc2ccc(F)cc2)CC1. The first-order chi connectivity index (χ1) is 13.4. The fourth-order valence-corrected chi connectivity index (χ4v) is 3.11. The smallest absolute Gasteiger partial charge is 0.260 e. The molecule has 0 bridgehead atoms. The minimum Gasteiger partial charge on any atom is -0.491 e. The summed E-state index contributed by atoms with van der Waals surface area (Å²) in [6.07, 6.45) is 1.47. The number of rotatable bonds is 6. The van der Waals surface area contributed by atoms with Crippen molar-refractivity contribution in [2.24, 2.45) is 0 Å². The third-order valence-corrected chi connectivity index (χ3v) is 4.75. The van der Waals surface area contributed by atoms with Crippen molar-refractivity contribution in [2.75, 3.05) is 26.3 Å². The lowest BCUT2D eigenvalue weighted by Gasteiger charge is -2.27. The molecule has 5 nitrogen and oxygen atoms in total. The number of likely N-dealkylation sites (tertiary alicyclic amines) is 1. The number of aliphatic hydroxyl groups is 1. The van der Waals surface area contributed by atoms with Gasteiger partial charge in [0.15, 0.2) is 6.61 Å². The van der Waals surface area contributed by atoms with E-state index < -0.39 is 11.4 Å². The van der Waals surface area contributed by atoms with Crippen LogP contribution in [-0.4, -0.2) is 47.8 Å². The molecule has 1 fully saturated rings. The molecular formula is C21H23F2NO4. The molecule has 7 heteroatoms. The average molecular weight is 391 g/mol. The summed E-state index contributed by atoms with van der Waals surface area (Å²) >= 11 is 0. The number of nitrogens with zero attached hydrogens (tertiary/aromatic N) is 1. The van der Waals surface area contributed by atoms with E-state index in [1.165, 1.54) is 42.5 Å². The first kappa shape index (κ1) is 20.1. The van der Waals surface area contributed by atoms with Crippen LogP contribution < -0.4 is 9.47 Å². The molecule has 1 atom stereocenters. The van der Waals surface area contributed by atoms with E-state index in [2.05, 4.69) is 0 Å². The molecule has 1 aliphatic rings. The van der Waals surface area contributed by atoms with Gasteiger partial charge in [0.25, 0.3) is 5.91 Å². The van der Waals surface area contributed by atoms with E-state index in [0.717, 1.165) is 0 Å². The van der Waals surface area contributed by atoms with Gasteiger partial charge in [-0.05, 0) is 55.7 Å². The number of amides is 1. The molecule has 0 spiro atoms. The maximum absolute atomic E-state index is 13.2. The number of ether oxygens (including phenoxy) is 2. The van der Waals surface area contributed by atoms with Gasteiger partial charge in [-0.3, -0.25) is 4.79 Å². The molecule has 3 rings (SSSR count). The van der Waals surface area contributed by atoms with Crippen molar-refractivity contribution in [3.05, 3.63) is 60.2 Å². The highest BCUT2D eigenvalue weighted by Gasteiger charge is 2.32. The van der Waals surface area contributed by atoms with Crippen LogP contribution in [0, 0.1) is 11.6 Å². The Balaban J connectivity index is 1.49. The molecule has 2 aromatic rings. The number of carbonyl (C=O) groups excluding carboxylic acids is 1. The molecule has 150 valence electrons. The third kappa shape index (κ3) is 5.66. The van der Waals surface area contributed by atoms with Gasteiger partial charge in [-0.2, -0.15) is 0 Å². The van der Waals surface area contributed by atoms with Crippen LogP contribution >= 0.6 is 0 Å². The van der Waals surface area contributed by atoms with Gasteiger partial charge in [-0.1, -0.05) is 6.07 Å². The second-order valence-corrected chi connectivity index (χ2v) is 6.95. The molecule has 28 heavy (non-hydrogen) atoms. The molecule has 0 aromatic heterocycles. The van der Waals surface area contributed by atoms with Crippen LogP contribution in [0.1, 0.15) is 19.3 Å². The summed E-state index contributed by atoms with van der Waals surface area (Å²) in [4.78, 5) is 14.0. The lowest BCUT2D eigenvalue weighted by atomic mass is 9.96. The first-order valence-electron chi connectivity index (χ1n) is 9.20. The Bertz CT molecular complexity index is 799. The molecule has 0 aliphatic carbocycles. The highest BCUT2D eigenvalue weighted by Crippen LogP contribution is 2.24. The van der Waals surface area contributed by atoms with Crippen molar-refractivity contribution >= 4 is 5.91 Å².